The topological polar surface area (TPSA) is 63.6 Å². The summed E-state index contributed by atoms with van der Waals surface area (Å²) in [4.78, 5) is 23.6. The summed E-state index contributed by atoms with van der Waals surface area (Å²) in [7, 11) is 1.41. The predicted molar refractivity (Wildman–Crippen MR) is 105 cm³/mol. The molecule has 136 valence electrons. The molecule has 2 aromatic rings. The van der Waals surface area contributed by atoms with E-state index in [1.165, 1.54) is 30.7 Å². The molecule has 0 aromatic heterocycles. The van der Waals surface area contributed by atoms with Gasteiger partial charge in [0, 0.05) is 12.2 Å². The molecule has 0 aliphatic rings. The molecule has 0 aliphatic carbocycles. The van der Waals surface area contributed by atoms with Gasteiger partial charge in [-0.2, -0.15) is 0 Å². The van der Waals surface area contributed by atoms with Crippen molar-refractivity contribution in [3.05, 3.63) is 77.5 Å². The number of carboxylic acids is 1. The van der Waals surface area contributed by atoms with E-state index in [2.05, 4.69) is 12.1 Å². The predicted octanol–water partition coefficient (Wildman–Crippen LogP) is 4.54. The number of rotatable bonds is 9. The minimum atomic E-state index is -1.06. The van der Waals surface area contributed by atoms with E-state index < -0.39 is 5.97 Å². The molecular formula is C21H22O4S. The highest BCUT2D eigenvalue weighted by Crippen LogP contribution is 2.25. The quantitative estimate of drug-likeness (QED) is 0.518. The monoisotopic (exact) mass is 370 g/mol. The van der Waals surface area contributed by atoms with Crippen molar-refractivity contribution < 1.29 is 19.4 Å². The van der Waals surface area contributed by atoms with Crippen molar-refractivity contribution in [2.24, 2.45) is 0 Å². The number of methoxy groups -OCH3 is 1. The number of aliphatic carboxylic acids is 1. The number of ether oxygens (including phenoxy) is 1. The van der Waals surface area contributed by atoms with Crippen LogP contribution in [0.4, 0.5) is 0 Å². The van der Waals surface area contributed by atoms with Crippen LogP contribution in [0.15, 0.2) is 60.9 Å². The number of carbonyl (C=O) groups is 2. The zero-order valence-electron chi connectivity index (χ0n) is 14.7. The molecule has 0 radical (unpaired) electrons. The highest BCUT2D eigenvalue weighted by Gasteiger charge is 2.15. The maximum absolute atomic E-state index is 12.2. The molecule has 0 saturated heterocycles. The zero-order valence-corrected chi connectivity index (χ0v) is 15.5. The molecule has 0 fully saturated rings. The van der Waals surface area contributed by atoms with Crippen molar-refractivity contribution in [1.82, 2.24) is 0 Å². The first kappa shape index (κ1) is 19.8. The van der Waals surface area contributed by atoms with Gasteiger partial charge in [0.2, 0.25) is 0 Å². The van der Waals surface area contributed by atoms with Gasteiger partial charge < -0.3 is 9.84 Å². The van der Waals surface area contributed by atoms with Gasteiger partial charge in [0.15, 0.2) is 5.12 Å². The highest BCUT2D eigenvalue weighted by molar-refractivity contribution is 8.12. The van der Waals surface area contributed by atoms with Crippen LogP contribution < -0.4 is 0 Å². The van der Waals surface area contributed by atoms with Crippen LogP contribution in [-0.4, -0.2) is 23.3 Å². The maximum Gasteiger partial charge on any atom is 0.339 e. The minimum absolute atomic E-state index is 0.0835. The Morgan fingerprint density at radius 3 is 2.46 bits per heavy atom. The molecule has 0 spiro atoms. The molecule has 2 aromatic carbocycles. The Morgan fingerprint density at radius 1 is 1.08 bits per heavy atom. The largest absolute Gasteiger partial charge is 0.503 e. The van der Waals surface area contributed by atoms with Crippen LogP contribution in [-0.2, 0) is 26.5 Å². The van der Waals surface area contributed by atoms with Crippen molar-refractivity contribution in [2.75, 3.05) is 7.11 Å². The Hall–Kier alpha value is -2.53. The summed E-state index contributed by atoms with van der Waals surface area (Å²) in [6, 6.07) is 17.3. The van der Waals surface area contributed by atoms with E-state index in [1.54, 1.807) is 12.1 Å². The fourth-order valence-electron chi connectivity index (χ4n) is 2.57. The third kappa shape index (κ3) is 6.08. The lowest BCUT2D eigenvalue weighted by atomic mass is 10.0. The lowest BCUT2D eigenvalue weighted by Gasteiger charge is -2.09. The summed E-state index contributed by atoms with van der Waals surface area (Å²) in [6.07, 6.45) is 3.40. The second kappa shape index (κ2) is 10.5. The molecule has 26 heavy (non-hydrogen) atoms. The summed E-state index contributed by atoms with van der Waals surface area (Å²) in [5.74, 6) is -0.618. The van der Waals surface area contributed by atoms with Gasteiger partial charge >= 0.3 is 5.97 Å². The van der Waals surface area contributed by atoms with E-state index in [0.717, 1.165) is 18.4 Å². The van der Waals surface area contributed by atoms with Gasteiger partial charge in [-0.15, -0.1) is 0 Å². The van der Waals surface area contributed by atoms with E-state index in [9.17, 15) is 14.7 Å². The first-order valence-electron chi connectivity index (χ1n) is 8.36. The van der Waals surface area contributed by atoms with Gasteiger partial charge in [-0.05, 0) is 29.5 Å². The SMILES string of the molecule is CO/C=C(/C(=O)O)c1ccccc1CSC(=O)CCCc1ccccc1. The second-order valence-corrected chi connectivity index (χ2v) is 6.76. The average molecular weight is 370 g/mol. The van der Waals surface area contributed by atoms with Crippen LogP contribution in [0.3, 0.4) is 0 Å². The van der Waals surface area contributed by atoms with Crippen molar-refractivity contribution in [1.29, 1.82) is 0 Å². The lowest BCUT2D eigenvalue weighted by Crippen LogP contribution is -2.04. The standard InChI is InChI=1S/C21H22O4S/c1-25-14-19(21(23)24)18-12-6-5-11-17(18)15-26-20(22)13-7-10-16-8-3-2-4-9-16/h2-6,8-9,11-12,14H,7,10,13,15H2,1H3,(H,23,24)/b19-14+. The van der Waals surface area contributed by atoms with E-state index in [1.807, 2.05) is 30.3 Å². The molecule has 2 rings (SSSR count). The van der Waals surface area contributed by atoms with Crippen molar-refractivity contribution in [3.63, 3.8) is 0 Å². The summed E-state index contributed by atoms with van der Waals surface area (Å²) in [6.45, 7) is 0. The van der Waals surface area contributed by atoms with Crippen LogP contribution in [0.2, 0.25) is 0 Å². The number of thioether (sulfide) groups is 1. The molecule has 0 aliphatic heterocycles. The van der Waals surface area contributed by atoms with Gasteiger partial charge in [-0.3, -0.25) is 4.79 Å². The molecule has 0 unspecified atom stereocenters. The number of hydrogen-bond donors (Lipinski definition) is 1. The van der Waals surface area contributed by atoms with E-state index in [4.69, 9.17) is 4.74 Å². The van der Waals surface area contributed by atoms with Gasteiger partial charge in [0.1, 0.15) is 5.57 Å². The molecule has 4 nitrogen and oxygen atoms in total. The molecule has 0 saturated carbocycles. The summed E-state index contributed by atoms with van der Waals surface area (Å²) in [5.41, 5.74) is 2.69. The maximum atomic E-state index is 12.2. The molecule has 0 amide bonds. The van der Waals surface area contributed by atoms with Gasteiger partial charge in [0.25, 0.3) is 0 Å². The molecule has 1 N–H and O–H groups in total. The number of aryl methyl sites for hydroxylation is 1. The normalized spacial score (nSPS) is 11.2. The third-order valence-electron chi connectivity index (χ3n) is 3.85. The van der Waals surface area contributed by atoms with Crippen LogP contribution in [0.25, 0.3) is 5.57 Å². The van der Waals surface area contributed by atoms with Gasteiger partial charge in [-0.25, -0.2) is 4.79 Å². The molecule has 0 atom stereocenters. The first-order chi connectivity index (χ1) is 12.6. The van der Waals surface area contributed by atoms with Crippen LogP contribution in [0.5, 0.6) is 0 Å². The fourth-order valence-corrected chi connectivity index (χ4v) is 3.42. The van der Waals surface area contributed by atoms with Crippen LogP contribution in [0.1, 0.15) is 29.5 Å². The second-order valence-electron chi connectivity index (χ2n) is 5.73. The van der Waals surface area contributed by atoms with Crippen LogP contribution in [0, 0.1) is 0 Å². The van der Waals surface area contributed by atoms with E-state index in [-0.39, 0.29) is 10.7 Å². The average Bonchev–Trinajstić information content (AvgIpc) is 2.65. The summed E-state index contributed by atoms with van der Waals surface area (Å²) >= 11 is 1.23. The Labute approximate surface area is 157 Å². The zero-order chi connectivity index (χ0) is 18.8. The van der Waals surface area contributed by atoms with E-state index in [0.29, 0.717) is 17.7 Å². The minimum Gasteiger partial charge on any atom is -0.503 e. The highest BCUT2D eigenvalue weighted by atomic mass is 32.2. The molecule has 0 bridgehead atoms. The van der Waals surface area contributed by atoms with Crippen molar-refractivity contribution >= 4 is 28.4 Å². The Kier molecular flexibility index (Phi) is 7.96. The Bertz CT molecular complexity index is 769. The molecular weight excluding hydrogens is 348 g/mol. The van der Waals surface area contributed by atoms with Crippen molar-refractivity contribution in [2.45, 2.75) is 25.0 Å². The first-order valence-corrected chi connectivity index (χ1v) is 9.34. The van der Waals surface area contributed by atoms with Crippen LogP contribution >= 0.6 is 11.8 Å². The van der Waals surface area contributed by atoms with Crippen molar-refractivity contribution in [3.8, 4) is 0 Å². The van der Waals surface area contributed by atoms with E-state index >= 15 is 0 Å². The molecule has 0 heterocycles. The number of carbonyl (C=O) groups excluding carboxylic acids is 1. The summed E-state index contributed by atoms with van der Waals surface area (Å²) in [5, 5.41) is 9.48. The Balaban J connectivity index is 1.91. The fraction of sp³-hybridized carbons (Fsp3) is 0.238. The smallest absolute Gasteiger partial charge is 0.339 e. The molecule has 5 heteroatoms. The number of benzene rings is 2. The number of carboxylic acid groups (broad SMARTS) is 1. The van der Waals surface area contributed by atoms with Gasteiger partial charge in [0.05, 0.1) is 13.4 Å². The Morgan fingerprint density at radius 2 is 1.77 bits per heavy atom. The number of hydrogen-bond acceptors (Lipinski definition) is 4. The van der Waals surface area contributed by atoms with Gasteiger partial charge in [-0.1, -0.05) is 66.4 Å². The summed E-state index contributed by atoms with van der Waals surface area (Å²) < 4.78 is 4.88. The third-order valence-corrected chi connectivity index (χ3v) is 4.83. The lowest BCUT2D eigenvalue weighted by molar-refractivity contribution is -0.130.